The molecule has 0 fully saturated rings. The molecule has 0 atom stereocenters. The standard InChI is InChI=1S/C13H16F3NO4S/c1-22(19,20)9-8-17-12(18)7-6-10-4-2-3-5-11(10)21-13(14,15)16/h2-5H,6-9H2,1H3,(H,17,18). The molecule has 5 nitrogen and oxygen atoms in total. The molecule has 1 amide bonds. The van der Waals surface area contributed by atoms with Crippen LogP contribution in [0.4, 0.5) is 13.2 Å². The number of benzene rings is 1. The molecular weight excluding hydrogens is 323 g/mol. The number of rotatable bonds is 7. The van der Waals surface area contributed by atoms with E-state index in [-0.39, 0.29) is 36.5 Å². The highest BCUT2D eigenvalue weighted by atomic mass is 32.2. The fourth-order valence-electron chi connectivity index (χ4n) is 1.65. The Morgan fingerprint density at radius 1 is 1.27 bits per heavy atom. The Hall–Kier alpha value is -1.77. The van der Waals surface area contributed by atoms with Crippen molar-refractivity contribution in [2.45, 2.75) is 19.2 Å². The molecule has 1 aromatic rings. The normalized spacial score (nSPS) is 12.0. The third-order valence-corrected chi connectivity index (χ3v) is 3.56. The lowest BCUT2D eigenvalue weighted by atomic mass is 10.1. The molecule has 0 aromatic heterocycles. The first-order valence-electron chi connectivity index (χ1n) is 6.35. The summed E-state index contributed by atoms with van der Waals surface area (Å²) in [6, 6.07) is 5.55. The predicted molar refractivity (Wildman–Crippen MR) is 74.2 cm³/mol. The van der Waals surface area contributed by atoms with E-state index in [2.05, 4.69) is 10.1 Å². The van der Waals surface area contributed by atoms with Crippen molar-refractivity contribution in [3.63, 3.8) is 0 Å². The monoisotopic (exact) mass is 339 g/mol. The van der Waals surface area contributed by atoms with Gasteiger partial charge in [-0.15, -0.1) is 13.2 Å². The maximum absolute atomic E-state index is 12.2. The van der Waals surface area contributed by atoms with Gasteiger partial charge in [-0.25, -0.2) is 8.42 Å². The van der Waals surface area contributed by atoms with E-state index in [0.29, 0.717) is 0 Å². The Morgan fingerprint density at radius 3 is 2.50 bits per heavy atom. The number of ether oxygens (including phenoxy) is 1. The minimum atomic E-state index is -4.80. The summed E-state index contributed by atoms with van der Waals surface area (Å²) >= 11 is 0. The van der Waals surface area contributed by atoms with Gasteiger partial charge in [0.1, 0.15) is 15.6 Å². The van der Waals surface area contributed by atoms with Gasteiger partial charge in [0.05, 0.1) is 5.75 Å². The third kappa shape index (κ3) is 7.87. The van der Waals surface area contributed by atoms with Crippen LogP contribution in [0.25, 0.3) is 0 Å². The van der Waals surface area contributed by atoms with Crippen molar-refractivity contribution in [3.05, 3.63) is 29.8 Å². The fourth-order valence-corrected chi connectivity index (χ4v) is 2.12. The SMILES string of the molecule is CS(=O)(=O)CCNC(=O)CCc1ccccc1OC(F)(F)F. The number of halogens is 3. The first-order valence-corrected chi connectivity index (χ1v) is 8.41. The molecule has 0 aliphatic rings. The molecule has 1 rings (SSSR count). The highest BCUT2D eigenvalue weighted by molar-refractivity contribution is 7.90. The molecule has 22 heavy (non-hydrogen) atoms. The zero-order valence-electron chi connectivity index (χ0n) is 11.8. The van der Waals surface area contributed by atoms with Gasteiger partial charge in [-0.05, 0) is 18.1 Å². The molecular formula is C13H16F3NO4S. The molecule has 0 radical (unpaired) electrons. The van der Waals surface area contributed by atoms with Crippen LogP contribution in [0.1, 0.15) is 12.0 Å². The molecule has 9 heteroatoms. The summed E-state index contributed by atoms with van der Waals surface area (Å²) < 4.78 is 62.4. The van der Waals surface area contributed by atoms with E-state index in [9.17, 15) is 26.4 Å². The Kier molecular flexibility index (Phi) is 6.21. The number of carbonyl (C=O) groups excluding carboxylic acids is 1. The zero-order chi connectivity index (χ0) is 16.8. The lowest BCUT2D eigenvalue weighted by Crippen LogP contribution is -2.29. The Balaban J connectivity index is 2.52. The highest BCUT2D eigenvalue weighted by Gasteiger charge is 2.31. The smallest absolute Gasteiger partial charge is 0.406 e. The molecule has 1 N–H and O–H groups in total. The van der Waals surface area contributed by atoms with Gasteiger partial charge in [0.2, 0.25) is 5.91 Å². The van der Waals surface area contributed by atoms with E-state index in [1.54, 1.807) is 6.07 Å². The fraction of sp³-hybridized carbons (Fsp3) is 0.462. The topological polar surface area (TPSA) is 72.5 Å². The van der Waals surface area contributed by atoms with Gasteiger partial charge in [0.25, 0.3) is 0 Å². The summed E-state index contributed by atoms with van der Waals surface area (Å²) in [6.45, 7) is -0.0294. The van der Waals surface area contributed by atoms with E-state index in [0.717, 1.165) is 6.26 Å². The van der Waals surface area contributed by atoms with Crippen LogP contribution in [0.5, 0.6) is 5.75 Å². The van der Waals surface area contributed by atoms with Gasteiger partial charge in [0.15, 0.2) is 0 Å². The summed E-state index contributed by atoms with van der Waals surface area (Å²) in [7, 11) is -3.17. The molecule has 124 valence electrons. The third-order valence-electron chi connectivity index (χ3n) is 2.61. The van der Waals surface area contributed by atoms with Crippen LogP contribution < -0.4 is 10.1 Å². The second kappa shape index (κ2) is 7.48. The molecule has 0 spiro atoms. The van der Waals surface area contributed by atoms with E-state index in [4.69, 9.17) is 0 Å². The highest BCUT2D eigenvalue weighted by Crippen LogP contribution is 2.26. The maximum Gasteiger partial charge on any atom is 0.573 e. The van der Waals surface area contributed by atoms with Crippen molar-refractivity contribution < 1.29 is 31.1 Å². The number of nitrogens with one attached hydrogen (secondary N) is 1. The summed E-state index contributed by atoms with van der Waals surface area (Å²) in [4.78, 5) is 11.5. The maximum atomic E-state index is 12.2. The minimum Gasteiger partial charge on any atom is -0.406 e. The summed E-state index contributed by atoms with van der Waals surface area (Å²) in [6.07, 6.45) is -3.77. The Morgan fingerprint density at radius 2 is 1.91 bits per heavy atom. The summed E-state index contributed by atoms with van der Waals surface area (Å²) in [5, 5.41) is 2.40. The van der Waals surface area contributed by atoms with E-state index < -0.39 is 22.1 Å². The second-order valence-corrected chi connectivity index (χ2v) is 6.90. The van der Waals surface area contributed by atoms with Crippen molar-refractivity contribution in [2.75, 3.05) is 18.6 Å². The first kappa shape index (κ1) is 18.3. The van der Waals surface area contributed by atoms with Gasteiger partial charge >= 0.3 is 6.36 Å². The molecule has 0 aliphatic heterocycles. The number of sulfone groups is 1. The minimum absolute atomic E-state index is 0.0294. The molecule has 1 aromatic carbocycles. The number of carbonyl (C=O) groups is 1. The predicted octanol–water partition coefficient (Wildman–Crippen LogP) is 1.68. The molecule has 0 saturated heterocycles. The van der Waals surface area contributed by atoms with Gasteiger partial charge in [-0.2, -0.15) is 0 Å². The lowest BCUT2D eigenvalue weighted by Gasteiger charge is -2.13. The number of amides is 1. The average Bonchev–Trinajstić information content (AvgIpc) is 2.34. The van der Waals surface area contributed by atoms with Crippen LogP contribution >= 0.6 is 0 Å². The van der Waals surface area contributed by atoms with E-state index >= 15 is 0 Å². The molecule has 0 saturated carbocycles. The zero-order valence-corrected chi connectivity index (χ0v) is 12.6. The van der Waals surface area contributed by atoms with E-state index in [1.165, 1.54) is 18.2 Å². The van der Waals surface area contributed by atoms with Crippen molar-refractivity contribution in [2.24, 2.45) is 0 Å². The number of hydrogen-bond donors (Lipinski definition) is 1. The lowest BCUT2D eigenvalue weighted by molar-refractivity contribution is -0.274. The average molecular weight is 339 g/mol. The van der Waals surface area contributed by atoms with Gasteiger partial charge in [-0.3, -0.25) is 4.79 Å². The van der Waals surface area contributed by atoms with Crippen LogP contribution in [-0.2, 0) is 21.1 Å². The van der Waals surface area contributed by atoms with Gasteiger partial charge < -0.3 is 10.1 Å². The van der Waals surface area contributed by atoms with Crippen LogP contribution in [0.3, 0.4) is 0 Å². The molecule has 0 aliphatic carbocycles. The Bertz CT molecular complexity index is 614. The number of alkyl halides is 3. The Labute approximate surface area is 126 Å². The molecule has 0 unspecified atom stereocenters. The summed E-state index contributed by atoms with van der Waals surface area (Å²) in [5.74, 6) is -0.976. The van der Waals surface area contributed by atoms with Crippen molar-refractivity contribution in [3.8, 4) is 5.75 Å². The van der Waals surface area contributed by atoms with Crippen molar-refractivity contribution in [1.82, 2.24) is 5.32 Å². The van der Waals surface area contributed by atoms with Crippen molar-refractivity contribution >= 4 is 15.7 Å². The largest absolute Gasteiger partial charge is 0.573 e. The molecule has 0 bridgehead atoms. The first-order chi connectivity index (χ1) is 10.1. The number of hydrogen-bond acceptors (Lipinski definition) is 4. The number of aryl methyl sites for hydroxylation is 1. The van der Waals surface area contributed by atoms with E-state index in [1.807, 2.05) is 0 Å². The second-order valence-electron chi connectivity index (χ2n) is 4.64. The molecule has 0 heterocycles. The van der Waals surface area contributed by atoms with Crippen LogP contribution in [0.15, 0.2) is 24.3 Å². The number of para-hydroxylation sites is 1. The quantitative estimate of drug-likeness (QED) is 0.820. The van der Waals surface area contributed by atoms with Crippen LogP contribution in [0, 0.1) is 0 Å². The van der Waals surface area contributed by atoms with Crippen molar-refractivity contribution in [1.29, 1.82) is 0 Å². The van der Waals surface area contributed by atoms with Gasteiger partial charge in [0, 0.05) is 19.2 Å². The van der Waals surface area contributed by atoms with Crippen LogP contribution in [-0.4, -0.2) is 39.2 Å². The van der Waals surface area contributed by atoms with Crippen LogP contribution in [0.2, 0.25) is 0 Å². The van der Waals surface area contributed by atoms with Gasteiger partial charge in [-0.1, -0.05) is 18.2 Å². The summed E-state index contributed by atoms with van der Waals surface area (Å²) in [5.41, 5.74) is 0.248.